The molecule has 1 aliphatic heterocycles. The van der Waals surface area contributed by atoms with Gasteiger partial charge in [-0.3, -0.25) is 14.9 Å². The number of benzene rings is 2. The van der Waals surface area contributed by atoms with Crippen molar-refractivity contribution in [3.05, 3.63) is 75.3 Å². The van der Waals surface area contributed by atoms with E-state index in [1.165, 1.54) is 25.1 Å². The average Bonchev–Trinajstić information content (AvgIpc) is 2.72. The Balaban J connectivity index is 1.89. The molecule has 0 radical (unpaired) electrons. The van der Waals surface area contributed by atoms with E-state index in [2.05, 4.69) is 0 Å². The van der Waals surface area contributed by atoms with E-state index in [0.717, 1.165) is 0 Å². The first kappa shape index (κ1) is 19.5. The number of ether oxygens (including phenoxy) is 2. The van der Waals surface area contributed by atoms with Crippen LogP contribution in [0.1, 0.15) is 27.6 Å². The van der Waals surface area contributed by atoms with E-state index >= 15 is 0 Å². The predicted octanol–water partition coefficient (Wildman–Crippen LogP) is 2.66. The molecule has 1 atom stereocenters. The molecule has 1 aliphatic rings. The highest BCUT2D eigenvalue weighted by atomic mass is 16.6. The number of rotatable bonds is 5. The van der Waals surface area contributed by atoms with Crippen molar-refractivity contribution in [1.82, 2.24) is 4.90 Å². The molecule has 0 aliphatic carbocycles. The Morgan fingerprint density at radius 3 is 2.43 bits per heavy atom. The third-order valence-corrected chi connectivity index (χ3v) is 4.60. The second-order valence-corrected chi connectivity index (χ2v) is 6.34. The first-order valence-electron chi connectivity index (χ1n) is 8.85. The molecule has 1 unspecified atom stereocenters. The molecule has 1 fully saturated rings. The minimum Gasteiger partial charge on any atom is -0.444 e. The molecular weight excluding hydrogens is 364 g/mol. The van der Waals surface area contributed by atoms with Gasteiger partial charge in [0.25, 0.3) is 11.6 Å². The maximum Gasteiger partial charge on any atom is 0.339 e. The second kappa shape index (κ2) is 8.62. The third-order valence-electron chi connectivity index (χ3n) is 4.60. The number of nitro benzene ring substituents is 1. The first-order valence-corrected chi connectivity index (χ1v) is 8.85. The summed E-state index contributed by atoms with van der Waals surface area (Å²) in [6, 6.07) is 12.9. The Bertz CT molecular complexity index is 878. The van der Waals surface area contributed by atoms with Crippen LogP contribution in [0.3, 0.4) is 0 Å². The van der Waals surface area contributed by atoms with Gasteiger partial charge in [0.1, 0.15) is 0 Å². The van der Waals surface area contributed by atoms with E-state index in [0.29, 0.717) is 31.9 Å². The Hall–Kier alpha value is -3.26. The highest BCUT2D eigenvalue weighted by molar-refractivity contribution is 5.94. The maximum absolute atomic E-state index is 13.0. The van der Waals surface area contributed by atoms with Crippen molar-refractivity contribution in [2.24, 2.45) is 0 Å². The minimum atomic E-state index is -1.13. The fourth-order valence-electron chi connectivity index (χ4n) is 3.05. The van der Waals surface area contributed by atoms with Gasteiger partial charge >= 0.3 is 5.97 Å². The predicted molar refractivity (Wildman–Crippen MR) is 99.8 cm³/mol. The summed E-state index contributed by atoms with van der Waals surface area (Å²) in [5.41, 5.74) is 0.619. The van der Waals surface area contributed by atoms with Gasteiger partial charge in [0.2, 0.25) is 6.10 Å². The van der Waals surface area contributed by atoms with Gasteiger partial charge in [-0.1, -0.05) is 36.4 Å². The lowest BCUT2D eigenvalue weighted by Crippen LogP contribution is -2.44. The number of carbonyl (C=O) groups is 2. The average molecular weight is 384 g/mol. The lowest BCUT2D eigenvalue weighted by molar-refractivity contribution is -0.385. The molecule has 28 heavy (non-hydrogen) atoms. The summed E-state index contributed by atoms with van der Waals surface area (Å²) in [7, 11) is 0. The summed E-state index contributed by atoms with van der Waals surface area (Å²) in [4.78, 5) is 38.0. The van der Waals surface area contributed by atoms with Crippen molar-refractivity contribution in [1.29, 1.82) is 0 Å². The van der Waals surface area contributed by atoms with Crippen molar-refractivity contribution in [2.75, 3.05) is 26.3 Å². The van der Waals surface area contributed by atoms with Gasteiger partial charge in [0, 0.05) is 30.3 Å². The second-order valence-electron chi connectivity index (χ2n) is 6.34. The van der Waals surface area contributed by atoms with Crippen LogP contribution in [0.4, 0.5) is 5.69 Å². The minimum absolute atomic E-state index is 0.0601. The van der Waals surface area contributed by atoms with Crippen LogP contribution in [0.5, 0.6) is 0 Å². The van der Waals surface area contributed by atoms with Crippen LogP contribution in [-0.2, 0) is 14.3 Å². The van der Waals surface area contributed by atoms with Gasteiger partial charge < -0.3 is 14.4 Å². The number of hydrogen-bond donors (Lipinski definition) is 0. The fraction of sp³-hybridized carbons (Fsp3) is 0.300. The first-order chi connectivity index (χ1) is 13.5. The Kier molecular flexibility index (Phi) is 6.00. The molecule has 1 amide bonds. The van der Waals surface area contributed by atoms with E-state index in [4.69, 9.17) is 9.47 Å². The molecule has 0 bridgehead atoms. The van der Waals surface area contributed by atoms with E-state index in [1.807, 2.05) is 0 Å². The summed E-state index contributed by atoms with van der Waals surface area (Å²) in [6.07, 6.45) is -1.13. The van der Waals surface area contributed by atoms with Crippen molar-refractivity contribution in [3.63, 3.8) is 0 Å². The van der Waals surface area contributed by atoms with Crippen LogP contribution >= 0.6 is 0 Å². The van der Waals surface area contributed by atoms with Crippen molar-refractivity contribution < 1.29 is 24.0 Å². The van der Waals surface area contributed by atoms with Crippen molar-refractivity contribution >= 4 is 17.6 Å². The zero-order chi connectivity index (χ0) is 20.1. The molecule has 0 spiro atoms. The number of nitrogens with zero attached hydrogens (tertiary/aromatic N) is 2. The molecule has 0 saturated carbocycles. The summed E-state index contributed by atoms with van der Waals surface area (Å²) >= 11 is 0. The zero-order valence-electron chi connectivity index (χ0n) is 15.4. The van der Waals surface area contributed by atoms with Crippen LogP contribution < -0.4 is 0 Å². The van der Waals surface area contributed by atoms with E-state index in [-0.39, 0.29) is 22.7 Å². The molecule has 146 valence electrons. The largest absolute Gasteiger partial charge is 0.444 e. The Labute approximate surface area is 161 Å². The van der Waals surface area contributed by atoms with Crippen LogP contribution in [-0.4, -0.2) is 48.0 Å². The monoisotopic (exact) mass is 384 g/mol. The van der Waals surface area contributed by atoms with Gasteiger partial charge in [-0.05, 0) is 13.0 Å². The number of esters is 1. The summed E-state index contributed by atoms with van der Waals surface area (Å²) < 4.78 is 10.8. The van der Waals surface area contributed by atoms with Gasteiger partial charge in [0.05, 0.1) is 23.7 Å². The maximum atomic E-state index is 13.0. The Morgan fingerprint density at radius 1 is 1.11 bits per heavy atom. The summed E-state index contributed by atoms with van der Waals surface area (Å²) in [5.74, 6) is -1.12. The summed E-state index contributed by atoms with van der Waals surface area (Å²) in [6.45, 7) is 3.15. The normalized spacial score (nSPS) is 15.0. The van der Waals surface area contributed by atoms with Gasteiger partial charge in [0.15, 0.2) is 0 Å². The molecule has 0 N–H and O–H groups in total. The molecule has 8 heteroatoms. The molecular formula is C20H20N2O6. The van der Waals surface area contributed by atoms with Gasteiger partial charge in [-0.2, -0.15) is 0 Å². The number of amides is 1. The number of nitro groups is 1. The summed E-state index contributed by atoms with van der Waals surface area (Å²) in [5, 5.41) is 11.1. The Morgan fingerprint density at radius 2 is 1.79 bits per heavy atom. The smallest absolute Gasteiger partial charge is 0.339 e. The highest BCUT2D eigenvalue weighted by Gasteiger charge is 2.31. The van der Waals surface area contributed by atoms with E-state index in [1.54, 1.807) is 35.2 Å². The molecule has 1 saturated heterocycles. The standard InChI is InChI=1S/C20H20N2O6/c1-14-16(8-5-9-17(14)22(25)26)20(24)28-18(15-6-3-2-4-7-15)19(23)21-10-12-27-13-11-21/h2-9,18H,10-13H2,1H3. The zero-order valence-corrected chi connectivity index (χ0v) is 15.4. The van der Waals surface area contributed by atoms with E-state index < -0.39 is 17.0 Å². The third kappa shape index (κ3) is 4.17. The van der Waals surface area contributed by atoms with E-state index in [9.17, 15) is 19.7 Å². The lowest BCUT2D eigenvalue weighted by atomic mass is 10.1. The molecule has 0 aromatic heterocycles. The molecule has 2 aromatic carbocycles. The van der Waals surface area contributed by atoms with Gasteiger partial charge in [-0.15, -0.1) is 0 Å². The quantitative estimate of drug-likeness (QED) is 0.446. The molecule has 3 rings (SSSR count). The highest BCUT2D eigenvalue weighted by Crippen LogP contribution is 2.26. The van der Waals surface area contributed by atoms with Gasteiger partial charge in [-0.25, -0.2) is 4.79 Å². The lowest BCUT2D eigenvalue weighted by Gasteiger charge is -2.30. The fourth-order valence-corrected chi connectivity index (χ4v) is 3.05. The van der Waals surface area contributed by atoms with Crippen LogP contribution in [0.15, 0.2) is 48.5 Å². The van der Waals surface area contributed by atoms with Crippen LogP contribution in [0, 0.1) is 17.0 Å². The van der Waals surface area contributed by atoms with Crippen LogP contribution in [0.25, 0.3) is 0 Å². The topological polar surface area (TPSA) is 99.0 Å². The number of morpholine rings is 1. The van der Waals surface area contributed by atoms with Crippen molar-refractivity contribution in [2.45, 2.75) is 13.0 Å². The van der Waals surface area contributed by atoms with Crippen LogP contribution in [0.2, 0.25) is 0 Å². The number of carbonyl (C=O) groups excluding carboxylic acids is 2. The SMILES string of the molecule is Cc1c(C(=O)OC(C(=O)N2CCOCC2)c2ccccc2)cccc1[N+](=O)[O-]. The molecule has 8 nitrogen and oxygen atoms in total. The van der Waals surface area contributed by atoms with Crippen molar-refractivity contribution in [3.8, 4) is 0 Å². The number of hydrogen-bond acceptors (Lipinski definition) is 6. The molecule has 1 heterocycles. The molecule has 2 aromatic rings.